The van der Waals surface area contributed by atoms with Crippen LogP contribution >= 0.6 is 11.3 Å². The molecule has 0 saturated heterocycles. The molecule has 1 atom stereocenters. The maximum atomic E-state index is 3.51. The van der Waals surface area contributed by atoms with E-state index in [0.29, 0.717) is 6.04 Å². The Kier molecular flexibility index (Phi) is 5.45. The lowest BCUT2D eigenvalue weighted by molar-refractivity contribution is 0.530. The van der Waals surface area contributed by atoms with Crippen molar-refractivity contribution in [3.63, 3.8) is 0 Å². The van der Waals surface area contributed by atoms with Crippen LogP contribution in [-0.4, -0.2) is 6.54 Å². The van der Waals surface area contributed by atoms with Crippen LogP contribution in [0, 0.1) is 18.8 Å². The minimum Gasteiger partial charge on any atom is -0.309 e. The van der Waals surface area contributed by atoms with Crippen molar-refractivity contribution in [3.8, 4) is 11.8 Å². The number of hydrogen-bond acceptors (Lipinski definition) is 2. The van der Waals surface area contributed by atoms with Crippen LogP contribution in [0.25, 0.3) is 0 Å². The maximum Gasteiger partial charge on any atom is 0.0423 e. The fourth-order valence-electron chi connectivity index (χ4n) is 1.57. The average Bonchev–Trinajstić information content (AvgIpc) is 2.64. The van der Waals surface area contributed by atoms with E-state index in [4.69, 9.17) is 0 Å². The first-order valence-corrected chi connectivity index (χ1v) is 6.29. The van der Waals surface area contributed by atoms with Crippen LogP contribution in [0.4, 0.5) is 0 Å². The predicted molar refractivity (Wildman–Crippen MR) is 68.2 cm³/mol. The van der Waals surface area contributed by atoms with Crippen molar-refractivity contribution >= 4 is 11.3 Å². The highest BCUT2D eigenvalue weighted by Gasteiger charge is 2.10. The summed E-state index contributed by atoms with van der Waals surface area (Å²) in [5.74, 6) is 6.08. The van der Waals surface area contributed by atoms with Gasteiger partial charge in [0, 0.05) is 22.2 Å². The van der Waals surface area contributed by atoms with Crippen molar-refractivity contribution in [2.45, 2.75) is 39.7 Å². The van der Waals surface area contributed by atoms with Crippen molar-refractivity contribution in [2.24, 2.45) is 0 Å². The largest absolute Gasteiger partial charge is 0.309 e. The number of hydrogen-bond donors (Lipinski definition) is 1. The smallest absolute Gasteiger partial charge is 0.0423 e. The lowest BCUT2D eigenvalue weighted by atomic mass is 10.1. The summed E-state index contributed by atoms with van der Waals surface area (Å²) in [5.41, 5.74) is 0. The van der Waals surface area contributed by atoms with E-state index in [1.165, 1.54) is 9.75 Å². The van der Waals surface area contributed by atoms with Gasteiger partial charge in [0.15, 0.2) is 0 Å². The number of nitrogens with one attached hydrogen (secondary N) is 1. The Morgan fingerprint density at radius 1 is 1.47 bits per heavy atom. The normalized spacial score (nSPS) is 11.9. The summed E-state index contributed by atoms with van der Waals surface area (Å²) >= 11 is 1.88. The summed E-state index contributed by atoms with van der Waals surface area (Å²) in [6.07, 6.45) is 2.08. The third-order valence-corrected chi connectivity index (χ3v) is 3.40. The van der Waals surface area contributed by atoms with Crippen LogP contribution < -0.4 is 5.32 Å². The van der Waals surface area contributed by atoms with E-state index >= 15 is 0 Å². The molecule has 1 unspecified atom stereocenters. The SMILES string of the molecule is CC#CCCC(NCC)c1ccc(C)s1. The fraction of sp³-hybridized carbons (Fsp3) is 0.538. The topological polar surface area (TPSA) is 12.0 Å². The standard InChI is InChI=1S/C13H19NS/c1-4-6-7-8-12(14-5-2)13-10-9-11(3)15-13/h9-10,12,14H,5,7-8H2,1-3H3. The van der Waals surface area contributed by atoms with Gasteiger partial charge in [-0.15, -0.1) is 23.2 Å². The molecule has 15 heavy (non-hydrogen) atoms. The zero-order chi connectivity index (χ0) is 11.1. The third kappa shape index (κ3) is 4.07. The van der Waals surface area contributed by atoms with E-state index < -0.39 is 0 Å². The highest BCUT2D eigenvalue weighted by atomic mass is 32.1. The number of thiophene rings is 1. The molecule has 1 heterocycles. The summed E-state index contributed by atoms with van der Waals surface area (Å²) in [6.45, 7) is 7.22. The van der Waals surface area contributed by atoms with E-state index in [9.17, 15) is 0 Å². The van der Waals surface area contributed by atoms with Gasteiger partial charge in [-0.25, -0.2) is 0 Å². The van der Waals surface area contributed by atoms with Gasteiger partial charge in [-0.2, -0.15) is 0 Å². The summed E-state index contributed by atoms with van der Waals surface area (Å²) in [5, 5.41) is 3.51. The predicted octanol–water partition coefficient (Wildman–Crippen LogP) is 3.51. The molecule has 0 bridgehead atoms. The Balaban J connectivity index is 2.59. The fourth-order valence-corrected chi connectivity index (χ4v) is 2.56. The van der Waals surface area contributed by atoms with Gasteiger partial charge >= 0.3 is 0 Å². The molecule has 1 N–H and O–H groups in total. The molecule has 0 saturated carbocycles. The molecule has 1 aromatic heterocycles. The molecule has 0 amide bonds. The van der Waals surface area contributed by atoms with Crippen molar-refractivity contribution < 1.29 is 0 Å². The molecule has 2 heteroatoms. The highest BCUT2D eigenvalue weighted by Crippen LogP contribution is 2.25. The van der Waals surface area contributed by atoms with Crippen molar-refractivity contribution in [2.75, 3.05) is 6.54 Å². The van der Waals surface area contributed by atoms with Crippen LogP contribution in [0.5, 0.6) is 0 Å². The van der Waals surface area contributed by atoms with Crippen molar-refractivity contribution in [1.29, 1.82) is 0 Å². The molecule has 82 valence electrons. The molecule has 0 spiro atoms. The maximum absolute atomic E-state index is 3.51. The molecule has 0 aromatic carbocycles. The first-order chi connectivity index (χ1) is 7.27. The van der Waals surface area contributed by atoms with Crippen molar-refractivity contribution in [1.82, 2.24) is 5.32 Å². The molecule has 0 fully saturated rings. The van der Waals surface area contributed by atoms with Crippen LogP contribution in [-0.2, 0) is 0 Å². The molecule has 1 rings (SSSR count). The van der Waals surface area contributed by atoms with Crippen molar-refractivity contribution in [3.05, 3.63) is 21.9 Å². The van der Waals surface area contributed by atoms with E-state index in [0.717, 1.165) is 19.4 Å². The monoisotopic (exact) mass is 221 g/mol. The van der Waals surface area contributed by atoms with Crippen LogP contribution in [0.1, 0.15) is 42.5 Å². The quantitative estimate of drug-likeness (QED) is 0.750. The lowest BCUT2D eigenvalue weighted by Gasteiger charge is -2.14. The first-order valence-electron chi connectivity index (χ1n) is 5.47. The molecule has 1 aromatic rings. The van der Waals surface area contributed by atoms with Gasteiger partial charge in [-0.1, -0.05) is 6.92 Å². The Labute approximate surface area is 96.9 Å². The van der Waals surface area contributed by atoms with E-state index in [1.807, 2.05) is 18.3 Å². The molecular formula is C13H19NS. The Morgan fingerprint density at radius 2 is 2.27 bits per heavy atom. The van der Waals surface area contributed by atoms with E-state index in [2.05, 4.69) is 43.1 Å². The molecule has 0 aliphatic rings. The minimum absolute atomic E-state index is 0.481. The highest BCUT2D eigenvalue weighted by molar-refractivity contribution is 7.12. The second-order valence-corrected chi connectivity index (χ2v) is 4.84. The molecule has 1 nitrogen and oxygen atoms in total. The number of aryl methyl sites for hydroxylation is 1. The van der Waals surface area contributed by atoms with Gasteiger partial charge in [0.2, 0.25) is 0 Å². The molecule has 0 aliphatic heterocycles. The molecule has 0 radical (unpaired) electrons. The summed E-state index contributed by atoms with van der Waals surface area (Å²) in [4.78, 5) is 2.82. The van der Waals surface area contributed by atoms with Crippen LogP contribution in [0.15, 0.2) is 12.1 Å². The zero-order valence-corrected chi connectivity index (χ0v) is 10.6. The molecular weight excluding hydrogens is 202 g/mol. The lowest BCUT2D eigenvalue weighted by Crippen LogP contribution is -2.19. The minimum atomic E-state index is 0.481. The van der Waals surface area contributed by atoms with Gasteiger partial charge in [0.1, 0.15) is 0 Å². The van der Waals surface area contributed by atoms with E-state index in [1.54, 1.807) is 0 Å². The second-order valence-electron chi connectivity index (χ2n) is 3.52. The second kappa shape index (κ2) is 6.66. The van der Waals surface area contributed by atoms with Gasteiger partial charge in [-0.05, 0) is 38.9 Å². The van der Waals surface area contributed by atoms with E-state index in [-0.39, 0.29) is 0 Å². The summed E-state index contributed by atoms with van der Waals surface area (Å²) < 4.78 is 0. The van der Waals surface area contributed by atoms with Crippen LogP contribution in [0.3, 0.4) is 0 Å². The van der Waals surface area contributed by atoms with Gasteiger partial charge in [-0.3, -0.25) is 0 Å². The van der Waals surface area contributed by atoms with Gasteiger partial charge in [0.05, 0.1) is 0 Å². The first kappa shape index (κ1) is 12.3. The van der Waals surface area contributed by atoms with Gasteiger partial charge < -0.3 is 5.32 Å². The van der Waals surface area contributed by atoms with Gasteiger partial charge in [0.25, 0.3) is 0 Å². The third-order valence-electron chi connectivity index (χ3n) is 2.29. The Hall–Kier alpha value is -0.780. The van der Waals surface area contributed by atoms with Crippen LogP contribution in [0.2, 0.25) is 0 Å². The average molecular weight is 221 g/mol. The molecule has 0 aliphatic carbocycles. The summed E-state index contributed by atoms with van der Waals surface area (Å²) in [7, 11) is 0. The Bertz CT molecular complexity index is 343. The Morgan fingerprint density at radius 3 is 2.80 bits per heavy atom. The number of rotatable bonds is 5. The zero-order valence-electron chi connectivity index (χ0n) is 9.76. The summed E-state index contributed by atoms with van der Waals surface area (Å²) in [6, 6.07) is 4.90.